The minimum atomic E-state index is 0.606. The Morgan fingerprint density at radius 3 is 2.44 bits per heavy atom. The predicted octanol–water partition coefficient (Wildman–Crippen LogP) is 3.28. The lowest BCUT2D eigenvalue weighted by Crippen LogP contribution is -2.39. The Kier molecular flexibility index (Phi) is 4.71. The predicted molar refractivity (Wildman–Crippen MR) is 78.9 cm³/mol. The highest BCUT2D eigenvalue weighted by atomic mass is 15.2. The lowest BCUT2D eigenvalue weighted by atomic mass is 9.75. The van der Waals surface area contributed by atoms with Gasteiger partial charge in [0.25, 0.3) is 0 Å². The van der Waals surface area contributed by atoms with E-state index in [1.54, 1.807) is 0 Å². The van der Waals surface area contributed by atoms with E-state index in [-0.39, 0.29) is 0 Å². The van der Waals surface area contributed by atoms with E-state index < -0.39 is 0 Å². The van der Waals surface area contributed by atoms with Crippen LogP contribution in [0.3, 0.4) is 0 Å². The van der Waals surface area contributed by atoms with Crippen molar-refractivity contribution in [3.05, 3.63) is 0 Å². The van der Waals surface area contributed by atoms with Crippen LogP contribution >= 0.6 is 0 Å². The average molecular weight is 252 g/mol. The summed E-state index contributed by atoms with van der Waals surface area (Å²) in [5.74, 6) is 0.891. The Balaban J connectivity index is 1.72. The molecule has 0 aromatic heterocycles. The molecule has 2 aliphatic rings. The van der Waals surface area contributed by atoms with Crippen molar-refractivity contribution in [1.29, 1.82) is 0 Å². The Morgan fingerprint density at radius 1 is 1.17 bits per heavy atom. The van der Waals surface area contributed by atoms with Gasteiger partial charge in [-0.05, 0) is 56.5 Å². The number of likely N-dealkylation sites (tertiary alicyclic amines) is 1. The molecule has 106 valence electrons. The first-order valence-electron chi connectivity index (χ1n) is 7.94. The summed E-state index contributed by atoms with van der Waals surface area (Å²) < 4.78 is 0. The zero-order valence-electron chi connectivity index (χ0n) is 12.8. The highest BCUT2D eigenvalue weighted by Gasteiger charge is 2.33. The van der Waals surface area contributed by atoms with Gasteiger partial charge >= 0.3 is 0 Å². The highest BCUT2D eigenvalue weighted by Crippen LogP contribution is 2.38. The highest BCUT2D eigenvalue weighted by molar-refractivity contribution is 4.88. The van der Waals surface area contributed by atoms with Crippen molar-refractivity contribution >= 4 is 0 Å². The van der Waals surface area contributed by atoms with Crippen molar-refractivity contribution in [3.8, 4) is 0 Å². The van der Waals surface area contributed by atoms with E-state index in [0.29, 0.717) is 11.5 Å². The van der Waals surface area contributed by atoms with Crippen molar-refractivity contribution in [2.75, 3.05) is 19.6 Å². The second kappa shape index (κ2) is 5.92. The summed E-state index contributed by atoms with van der Waals surface area (Å²) in [4.78, 5) is 2.78. The minimum absolute atomic E-state index is 0.606. The van der Waals surface area contributed by atoms with Crippen LogP contribution in [0.25, 0.3) is 0 Å². The lowest BCUT2D eigenvalue weighted by molar-refractivity contribution is 0.123. The number of hydrogen-bond acceptors (Lipinski definition) is 2. The van der Waals surface area contributed by atoms with E-state index in [0.717, 1.165) is 12.0 Å². The summed E-state index contributed by atoms with van der Waals surface area (Å²) in [6.45, 7) is 13.3. The van der Waals surface area contributed by atoms with Gasteiger partial charge < -0.3 is 10.2 Å². The molecule has 0 aromatic carbocycles. The van der Waals surface area contributed by atoms with Gasteiger partial charge in [0, 0.05) is 18.6 Å². The van der Waals surface area contributed by atoms with E-state index >= 15 is 0 Å². The molecule has 1 unspecified atom stereocenters. The smallest absolute Gasteiger partial charge is 0.00957 e. The van der Waals surface area contributed by atoms with Crippen molar-refractivity contribution in [2.24, 2.45) is 11.3 Å². The average Bonchev–Trinajstić information content (AvgIpc) is 2.75. The summed E-state index contributed by atoms with van der Waals surface area (Å²) in [6.07, 6.45) is 7.10. The minimum Gasteiger partial charge on any atom is -0.314 e. The third-order valence-electron chi connectivity index (χ3n) is 4.96. The second-order valence-electron chi connectivity index (χ2n) is 7.61. The maximum Gasteiger partial charge on any atom is 0.00957 e. The van der Waals surface area contributed by atoms with Gasteiger partial charge in [-0.2, -0.15) is 0 Å². The fraction of sp³-hybridized carbons (Fsp3) is 1.00. The van der Waals surface area contributed by atoms with Crippen LogP contribution in [-0.2, 0) is 0 Å². The summed E-state index contributed by atoms with van der Waals surface area (Å²) in [5.41, 5.74) is 0.606. The quantitative estimate of drug-likeness (QED) is 0.826. The first-order valence-corrected chi connectivity index (χ1v) is 7.94. The molecule has 2 heteroatoms. The van der Waals surface area contributed by atoms with Crippen molar-refractivity contribution in [1.82, 2.24) is 10.2 Å². The summed E-state index contributed by atoms with van der Waals surface area (Å²) in [7, 11) is 0. The van der Waals surface area contributed by atoms with Crippen molar-refractivity contribution in [2.45, 2.75) is 71.9 Å². The molecule has 0 aromatic rings. The first-order chi connectivity index (χ1) is 8.46. The molecule has 1 N–H and O–H groups in total. The van der Waals surface area contributed by atoms with Gasteiger partial charge in [-0.3, -0.25) is 0 Å². The molecule has 0 spiro atoms. The molecule has 2 nitrogen and oxygen atoms in total. The van der Waals surface area contributed by atoms with Gasteiger partial charge in [-0.25, -0.2) is 0 Å². The largest absolute Gasteiger partial charge is 0.314 e. The molecule has 1 atom stereocenters. The topological polar surface area (TPSA) is 15.3 Å². The van der Waals surface area contributed by atoms with Gasteiger partial charge in [0.15, 0.2) is 0 Å². The van der Waals surface area contributed by atoms with Crippen LogP contribution in [0.5, 0.6) is 0 Å². The van der Waals surface area contributed by atoms with Gasteiger partial charge in [0.1, 0.15) is 0 Å². The van der Waals surface area contributed by atoms with E-state index in [4.69, 9.17) is 0 Å². The molecule has 2 rings (SSSR count). The summed E-state index contributed by atoms with van der Waals surface area (Å²) in [6, 6.07) is 1.52. The fourth-order valence-electron chi connectivity index (χ4n) is 3.51. The third-order valence-corrected chi connectivity index (χ3v) is 4.96. The van der Waals surface area contributed by atoms with E-state index in [2.05, 4.69) is 37.9 Å². The normalized spacial score (nSPS) is 30.2. The Bertz CT molecular complexity index is 250. The molecule has 18 heavy (non-hydrogen) atoms. The van der Waals surface area contributed by atoms with Gasteiger partial charge in [-0.15, -0.1) is 0 Å². The summed E-state index contributed by atoms with van der Waals surface area (Å²) >= 11 is 0. The number of nitrogens with zero attached hydrogens (tertiary/aromatic N) is 1. The van der Waals surface area contributed by atoms with Gasteiger partial charge in [-0.1, -0.05) is 27.7 Å². The molecule has 2 fully saturated rings. The van der Waals surface area contributed by atoms with Crippen LogP contribution in [0, 0.1) is 11.3 Å². The van der Waals surface area contributed by atoms with E-state index in [1.807, 2.05) is 0 Å². The van der Waals surface area contributed by atoms with Crippen molar-refractivity contribution in [3.63, 3.8) is 0 Å². The molecule has 1 saturated heterocycles. The van der Waals surface area contributed by atoms with Gasteiger partial charge in [0.2, 0.25) is 0 Å². The maximum absolute atomic E-state index is 3.60. The molecular formula is C16H32N2. The molecule has 1 aliphatic carbocycles. The lowest BCUT2D eigenvalue weighted by Gasteiger charge is -2.38. The van der Waals surface area contributed by atoms with Crippen LogP contribution in [-0.4, -0.2) is 36.6 Å². The standard InChI is InChI=1S/C16H32N2/c1-13(2)17-11-14-7-10-18(12-14)15-5-8-16(3,4)9-6-15/h13-15,17H,5-12H2,1-4H3. The first kappa shape index (κ1) is 14.3. The van der Waals surface area contributed by atoms with Crippen LogP contribution in [0.2, 0.25) is 0 Å². The fourth-order valence-corrected chi connectivity index (χ4v) is 3.51. The zero-order chi connectivity index (χ0) is 13.2. The molecule has 0 bridgehead atoms. The maximum atomic E-state index is 3.60. The van der Waals surface area contributed by atoms with Crippen LogP contribution in [0.1, 0.15) is 59.8 Å². The van der Waals surface area contributed by atoms with E-state index in [1.165, 1.54) is 51.7 Å². The number of rotatable bonds is 4. The third kappa shape index (κ3) is 3.96. The van der Waals surface area contributed by atoms with Crippen molar-refractivity contribution < 1.29 is 0 Å². The monoisotopic (exact) mass is 252 g/mol. The summed E-state index contributed by atoms with van der Waals surface area (Å²) in [5, 5.41) is 3.60. The van der Waals surface area contributed by atoms with Crippen LogP contribution < -0.4 is 5.32 Å². The molecule has 1 saturated carbocycles. The van der Waals surface area contributed by atoms with Gasteiger partial charge in [0.05, 0.1) is 0 Å². The molecule has 1 heterocycles. The Hall–Kier alpha value is -0.0800. The van der Waals surface area contributed by atoms with Crippen LogP contribution in [0.15, 0.2) is 0 Å². The Labute approximate surface area is 114 Å². The number of hydrogen-bond donors (Lipinski definition) is 1. The molecular weight excluding hydrogens is 220 g/mol. The van der Waals surface area contributed by atoms with E-state index in [9.17, 15) is 0 Å². The van der Waals surface area contributed by atoms with Crippen LogP contribution in [0.4, 0.5) is 0 Å². The Morgan fingerprint density at radius 2 is 1.83 bits per heavy atom. The second-order valence-corrected chi connectivity index (χ2v) is 7.61. The zero-order valence-corrected chi connectivity index (χ0v) is 12.8. The SMILES string of the molecule is CC(C)NCC1CCN(C2CCC(C)(C)CC2)C1. The molecule has 1 aliphatic heterocycles. The molecule has 0 radical (unpaired) electrons. The molecule has 0 amide bonds. The number of nitrogens with one attached hydrogen (secondary N) is 1.